The molecular formula is C24H29N7O5. The number of urea groups is 1. The lowest BCUT2D eigenvalue weighted by molar-refractivity contribution is -0.197. The Morgan fingerprint density at radius 3 is 2.61 bits per heavy atom. The number of amides is 3. The molecule has 1 aromatic carbocycles. The van der Waals surface area contributed by atoms with Gasteiger partial charge in [0.15, 0.2) is 35.1 Å². The molecule has 36 heavy (non-hydrogen) atoms. The average Bonchev–Trinajstić information content (AvgIpc) is 3.50. The fourth-order valence-corrected chi connectivity index (χ4v) is 4.58. The lowest BCUT2D eigenvalue weighted by Crippen LogP contribution is -2.42. The Kier molecular flexibility index (Phi) is 6.33. The Labute approximate surface area is 207 Å². The molecule has 0 aliphatic carbocycles. The minimum Gasteiger partial charge on any atom is -0.354 e. The predicted octanol–water partition coefficient (Wildman–Crippen LogP) is 2.26. The Hall–Kier alpha value is -3.61. The van der Waals surface area contributed by atoms with Gasteiger partial charge in [0.1, 0.15) is 18.5 Å². The maximum atomic E-state index is 12.7. The highest BCUT2D eigenvalue weighted by molar-refractivity contribution is 5.96. The van der Waals surface area contributed by atoms with E-state index in [2.05, 4.69) is 30.9 Å². The minimum atomic E-state index is -0.881. The molecule has 0 bridgehead atoms. The number of hydrogen-bond donors (Lipinski definition) is 3. The summed E-state index contributed by atoms with van der Waals surface area (Å²) in [5, 5.41) is 8.43. The molecule has 12 nitrogen and oxygen atoms in total. The molecule has 2 aromatic heterocycles. The Morgan fingerprint density at radius 1 is 1.11 bits per heavy atom. The van der Waals surface area contributed by atoms with Crippen molar-refractivity contribution >= 4 is 28.9 Å². The van der Waals surface area contributed by atoms with Crippen molar-refractivity contribution in [1.82, 2.24) is 30.2 Å². The molecule has 0 unspecified atom stereocenters. The van der Waals surface area contributed by atoms with Crippen LogP contribution >= 0.6 is 0 Å². The summed E-state index contributed by atoms with van der Waals surface area (Å²) in [6.45, 7) is 7.78. The molecular weight excluding hydrogens is 466 g/mol. The fourth-order valence-electron chi connectivity index (χ4n) is 4.58. The van der Waals surface area contributed by atoms with Crippen molar-refractivity contribution in [2.45, 2.75) is 64.1 Å². The lowest BCUT2D eigenvalue weighted by Gasteiger charge is -2.24. The number of rotatable bonds is 6. The summed E-state index contributed by atoms with van der Waals surface area (Å²) in [5.41, 5.74) is 1.77. The smallest absolute Gasteiger partial charge is 0.320 e. The van der Waals surface area contributed by atoms with Crippen molar-refractivity contribution in [3.05, 3.63) is 48.5 Å². The molecule has 12 heteroatoms. The predicted molar refractivity (Wildman–Crippen MR) is 129 cm³/mol. The zero-order chi connectivity index (χ0) is 25.4. The molecule has 3 N–H and O–H groups in total. The Bertz CT molecular complexity index is 1260. The van der Waals surface area contributed by atoms with Crippen LogP contribution in [0.15, 0.2) is 43.0 Å². The van der Waals surface area contributed by atoms with E-state index in [0.717, 1.165) is 5.56 Å². The van der Waals surface area contributed by atoms with E-state index in [9.17, 15) is 9.59 Å². The van der Waals surface area contributed by atoms with Crippen LogP contribution in [0, 0.1) is 0 Å². The second-order valence-corrected chi connectivity index (χ2v) is 9.18. The van der Waals surface area contributed by atoms with Crippen molar-refractivity contribution in [2.24, 2.45) is 0 Å². The molecule has 190 valence electrons. The van der Waals surface area contributed by atoms with Gasteiger partial charge in [-0.1, -0.05) is 30.3 Å². The van der Waals surface area contributed by atoms with Gasteiger partial charge in [-0.2, -0.15) is 0 Å². The van der Waals surface area contributed by atoms with Crippen LogP contribution in [0.5, 0.6) is 0 Å². The van der Waals surface area contributed by atoms with Gasteiger partial charge in [-0.15, -0.1) is 0 Å². The zero-order valence-electron chi connectivity index (χ0n) is 20.5. The van der Waals surface area contributed by atoms with E-state index in [-0.39, 0.29) is 17.8 Å². The van der Waals surface area contributed by atoms with E-state index in [0.29, 0.717) is 17.7 Å². The third kappa shape index (κ3) is 4.50. The minimum absolute atomic E-state index is 0.209. The number of fused-ring (bicyclic) bond motifs is 2. The number of nitrogens with one attached hydrogen (secondary N) is 3. The highest BCUT2D eigenvalue weighted by Crippen LogP contribution is 2.44. The van der Waals surface area contributed by atoms with Crippen LogP contribution in [0.2, 0.25) is 0 Å². The molecule has 5 atom stereocenters. The standard InChI is InChI=1S/C24H29N7O5/c1-5-25-21(32)17-16-18(36-24(3,4)35-16)22(34-17)31-12-28-15-19(26-11-27-20(15)31)30-23(33)29-13(2)14-9-7-6-8-10-14/h6-13,16-18,22H,5H2,1-4H3,(H,25,32)(H2,26,27,29,30,33)/t13-,16+,17-,18+,22+/m0/s1. The monoisotopic (exact) mass is 495 g/mol. The van der Waals surface area contributed by atoms with E-state index in [4.69, 9.17) is 14.2 Å². The highest BCUT2D eigenvalue weighted by atomic mass is 16.8. The van der Waals surface area contributed by atoms with E-state index in [1.165, 1.54) is 12.7 Å². The molecule has 5 rings (SSSR count). The van der Waals surface area contributed by atoms with Gasteiger partial charge in [0.05, 0.1) is 12.4 Å². The number of carbonyl (C=O) groups excluding carboxylic acids is 2. The van der Waals surface area contributed by atoms with Crippen LogP contribution in [0.25, 0.3) is 11.2 Å². The van der Waals surface area contributed by atoms with Crippen LogP contribution < -0.4 is 16.0 Å². The van der Waals surface area contributed by atoms with Gasteiger partial charge in [0, 0.05) is 6.54 Å². The number of hydrogen-bond acceptors (Lipinski definition) is 8. The van der Waals surface area contributed by atoms with Crippen LogP contribution in [-0.4, -0.2) is 62.1 Å². The number of aromatic nitrogens is 4. The zero-order valence-corrected chi connectivity index (χ0v) is 20.5. The number of likely N-dealkylation sites (N-methyl/N-ethyl adjacent to an activating group) is 1. The molecule has 2 aliphatic heterocycles. The number of nitrogens with zero attached hydrogens (tertiary/aromatic N) is 4. The average molecular weight is 496 g/mol. The van der Waals surface area contributed by atoms with Crippen LogP contribution in [0.1, 0.15) is 45.5 Å². The second kappa shape index (κ2) is 9.45. The summed E-state index contributed by atoms with van der Waals surface area (Å²) < 4.78 is 19.9. The van der Waals surface area contributed by atoms with Crippen molar-refractivity contribution in [3.8, 4) is 0 Å². The van der Waals surface area contributed by atoms with Gasteiger partial charge in [0.25, 0.3) is 5.91 Å². The SMILES string of the molecule is CCNC(=O)[C@H]1O[C@@H](n2cnc3c(NC(=O)N[C@@H](C)c4ccccc4)ncnc32)[C@@H]2OC(C)(C)O[C@@H]21. The first kappa shape index (κ1) is 24.1. The van der Waals surface area contributed by atoms with E-state index in [1.54, 1.807) is 18.4 Å². The van der Waals surface area contributed by atoms with Crippen LogP contribution in [-0.2, 0) is 19.0 Å². The maximum absolute atomic E-state index is 12.7. The maximum Gasteiger partial charge on any atom is 0.320 e. The molecule has 2 fully saturated rings. The summed E-state index contributed by atoms with van der Waals surface area (Å²) in [5.74, 6) is -0.912. The first-order valence-corrected chi connectivity index (χ1v) is 11.9. The molecule has 3 aromatic rings. The normalized spacial score (nSPS) is 25.3. The summed E-state index contributed by atoms with van der Waals surface area (Å²) in [6.07, 6.45) is 0.129. The molecule has 0 radical (unpaired) electrons. The third-order valence-corrected chi connectivity index (χ3v) is 6.15. The van der Waals surface area contributed by atoms with Crippen molar-refractivity contribution < 1.29 is 23.8 Å². The van der Waals surface area contributed by atoms with Gasteiger partial charge < -0.3 is 24.8 Å². The largest absolute Gasteiger partial charge is 0.354 e. The third-order valence-electron chi connectivity index (χ3n) is 6.15. The van der Waals surface area contributed by atoms with Gasteiger partial charge in [-0.05, 0) is 33.3 Å². The van der Waals surface area contributed by atoms with Gasteiger partial charge in [-0.25, -0.2) is 19.7 Å². The van der Waals surface area contributed by atoms with Crippen LogP contribution in [0.3, 0.4) is 0 Å². The van der Waals surface area contributed by atoms with E-state index in [1.807, 2.05) is 44.2 Å². The van der Waals surface area contributed by atoms with Crippen molar-refractivity contribution in [2.75, 3.05) is 11.9 Å². The van der Waals surface area contributed by atoms with Crippen LogP contribution in [0.4, 0.5) is 10.6 Å². The van der Waals surface area contributed by atoms with E-state index >= 15 is 0 Å². The van der Waals surface area contributed by atoms with Crippen molar-refractivity contribution in [1.29, 1.82) is 0 Å². The van der Waals surface area contributed by atoms with Gasteiger partial charge in [-0.3, -0.25) is 14.7 Å². The number of carbonyl (C=O) groups is 2. The van der Waals surface area contributed by atoms with Crippen molar-refractivity contribution in [3.63, 3.8) is 0 Å². The number of imidazole rings is 1. The highest BCUT2D eigenvalue weighted by Gasteiger charge is 2.58. The Balaban J connectivity index is 1.38. The molecule has 4 heterocycles. The fraction of sp³-hybridized carbons (Fsp3) is 0.458. The number of benzene rings is 1. The molecule has 0 spiro atoms. The molecule has 3 amide bonds. The summed E-state index contributed by atoms with van der Waals surface area (Å²) in [6, 6.07) is 8.99. The second-order valence-electron chi connectivity index (χ2n) is 9.18. The first-order chi connectivity index (χ1) is 17.3. The summed E-state index contributed by atoms with van der Waals surface area (Å²) >= 11 is 0. The first-order valence-electron chi connectivity index (χ1n) is 11.9. The number of anilines is 1. The van der Waals surface area contributed by atoms with E-state index < -0.39 is 36.4 Å². The molecule has 0 saturated carbocycles. The number of ether oxygens (including phenoxy) is 3. The van der Waals surface area contributed by atoms with Gasteiger partial charge in [0.2, 0.25) is 0 Å². The summed E-state index contributed by atoms with van der Waals surface area (Å²) in [7, 11) is 0. The summed E-state index contributed by atoms with van der Waals surface area (Å²) in [4.78, 5) is 38.3. The molecule has 2 saturated heterocycles. The lowest BCUT2D eigenvalue weighted by atomic mass is 10.1. The Morgan fingerprint density at radius 2 is 1.86 bits per heavy atom. The topological polar surface area (TPSA) is 142 Å². The molecule has 2 aliphatic rings. The quantitative estimate of drug-likeness (QED) is 0.473. The van der Waals surface area contributed by atoms with Gasteiger partial charge >= 0.3 is 6.03 Å².